The molecule has 1 unspecified atom stereocenters. The molecule has 2 N–H and O–H groups in total. The molecule has 0 saturated heterocycles. The number of benzene rings is 1. The Kier molecular flexibility index (Phi) is 15.1. The van der Waals surface area contributed by atoms with E-state index in [9.17, 15) is 4.79 Å². The van der Waals surface area contributed by atoms with Crippen molar-refractivity contribution in [1.29, 1.82) is 0 Å². The summed E-state index contributed by atoms with van der Waals surface area (Å²) in [6.45, 7) is 8.07. The van der Waals surface area contributed by atoms with E-state index in [0.29, 0.717) is 38.8 Å². The molecule has 1 rings (SSSR count). The lowest BCUT2D eigenvalue weighted by Crippen LogP contribution is -2.17. The van der Waals surface area contributed by atoms with Crippen molar-refractivity contribution in [3.63, 3.8) is 0 Å². The number of carbonyl (C=O) groups is 1. The number of rotatable bonds is 18. The van der Waals surface area contributed by atoms with Crippen LogP contribution < -0.4 is 15.4 Å². The first-order valence-electron chi connectivity index (χ1n) is 11.0. The van der Waals surface area contributed by atoms with Gasteiger partial charge in [0, 0.05) is 18.3 Å². The predicted octanol–water partition coefficient (Wildman–Crippen LogP) is 4.25. The van der Waals surface area contributed by atoms with E-state index in [1.807, 2.05) is 31.3 Å². The standard InChI is InChI=1S/C23H40N2O4/c1-4-6-7-9-20(5-2)19-29-22-11-8-10-21(18-22)25-23(26)12-14-27-16-17-28-15-13-24-3/h8,10-11,18,20,24H,4-7,9,12-17,19H2,1-3H3,(H,25,26). The second-order valence-corrected chi connectivity index (χ2v) is 7.24. The monoisotopic (exact) mass is 408 g/mol. The molecule has 166 valence electrons. The quantitative estimate of drug-likeness (QED) is 0.355. The molecule has 0 saturated carbocycles. The van der Waals surface area contributed by atoms with E-state index in [4.69, 9.17) is 14.2 Å². The average molecular weight is 409 g/mol. The molecule has 0 radical (unpaired) electrons. The van der Waals surface area contributed by atoms with Gasteiger partial charge < -0.3 is 24.8 Å². The Bertz CT molecular complexity index is 539. The molecule has 1 amide bonds. The van der Waals surface area contributed by atoms with Crippen LogP contribution in [-0.2, 0) is 14.3 Å². The Hall–Kier alpha value is -1.63. The molecule has 0 aliphatic heterocycles. The SMILES string of the molecule is CCCCCC(CC)COc1cccc(NC(=O)CCOCCOCCNC)c1. The lowest BCUT2D eigenvalue weighted by atomic mass is 10.00. The molecule has 1 aromatic rings. The van der Waals surface area contributed by atoms with Gasteiger partial charge in [0.1, 0.15) is 5.75 Å². The van der Waals surface area contributed by atoms with Crippen LogP contribution in [0.15, 0.2) is 24.3 Å². The summed E-state index contributed by atoms with van der Waals surface area (Å²) in [5.74, 6) is 1.31. The minimum atomic E-state index is -0.0655. The molecule has 1 atom stereocenters. The fourth-order valence-corrected chi connectivity index (χ4v) is 2.85. The van der Waals surface area contributed by atoms with Crippen LogP contribution in [0.3, 0.4) is 0 Å². The summed E-state index contributed by atoms with van der Waals surface area (Å²) in [6, 6.07) is 7.60. The molecule has 6 nitrogen and oxygen atoms in total. The molecule has 1 aromatic carbocycles. The largest absolute Gasteiger partial charge is 0.493 e. The highest BCUT2D eigenvalue weighted by Crippen LogP contribution is 2.20. The number of likely N-dealkylation sites (N-methyl/N-ethyl adjacent to an activating group) is 1. The number of anilines is 1. The Balaban J connectivity index is 2.25. The summed E-state index contributed by atoms with van der Waals surface area (Å²) in [4.78, 5) is 12.1. The predicted molar refractivity (Wildman–Crippen MR) is 119 cm³/mol. The summed E-state index contributed by atoms with van der Waals surface area (Å²) in [5, 5.41) is 5.92. The van der Waals surface area contributed by atoms with Gasteiger partial charge in [-0.1, -0.05) is 45.6 Å². The third kappa shape index (κ3) is 13.3. The molecule has 0 aromatic heterocycles. The van der Waals surface area contributed by atoms with Crippen molar-refractivity contribution >= 4 is 11.6 Å². The number of hydrogen-bond acceptors (Lipinski definition) is 5. The van der Waals surface area contributed by atoms with Gasteiger partial charge in [0.05, 0.1) is 39.5 Å². The van der Waals surface area contributed by atoms with E-state index in [1.165, 1.54) is 25.7 Å². The van der Waals surface area contributed by atoms with Crippen LogP contribution in [-0.4, -0.2) is 52.5 Å². The molecule has 0 aliphatic rings. The third-order valence-corrected chi connectivity index (χ3v) is 4.74. The zero-order valence-electron chi connectivity index (χ0n) is 18.5. The Morgan fingerprint density at radius 2 is 1.86 bits per heavy atom. The highest BCUT2D eigenvalue weighted by atomic mass is 16.5. The molecule has 6 heteroatoms. The Morgan fingerprint density at radius 1 is 1.07 bits per heavy atom. The van der Waals surface area contributed by atoms with Crippen molar-refractivity contribution in [3.8, 4) is 5.75 Å². The van der Waals surface area contributed by atoms with Gasteiger partial charge in [-0.3, -0.25) is 4.79 Å². The number of hydrogen-bond donors (Lipinski definition) is 2. The van der Waals surface area contributed by atoms with Crippen LogP contribution in [0.2, 0.25) is 0 Å². The van der Waals surface area contributed by atoms with E-state index < -0.39 is 0 Å². The molecule has 29 heavy (non-hydrogen) atoms. The third-order valence-electron chi connectivity index (χ3n) is 4.74. The minimum Gasteiger partial charge on any atom is -0.493 e. The van der Waals surface area contributed by atoms with Crippen LogP contribution >= 0.6 is 0 Å². The number of nitrogens with one attached hydrogen (secondary N) is 2. The lowest BCUT2D eigenvalue weighted by molar-refractivity contribution is -0.117. The zero-order valence-corrected chi connectivity index (χ0v) is 18.5. The summed E-state index contributed by atoms with van der Waals surface area (Å²) in [7, 11) is 1.89. The van der Waals surface area contributed by atoms with Crippen LogP contribution in [0, 0.1) is 5.92 Å². The fraction of sp³-hybridized carbons (Fsp3) is 0.696. The summed E-state index contributed by atoms with van der Waals surface area (Å²) < 4.78 is 16.8. The number of unbranched alkanes of at least 4 members (excludes halogenated alkanes) is 2. The van der Waals surface area contributed by atoms with E-state index in [-0.39, 0.29) is 5.91 Å². The van der Waals surface area contributed by atoms with Gasteiger partial charge in [0.2, 0.25) is 5.91 Å². The molecule has 0 spiro atoms. The molecule has 0 bridgehead atoms. The molecule has 0 aliphatic carbocycles. The summed E-state index contributed by atoms with van der Waals surface area (Å²) in [5.41, 5.74) is 0.752. The topological polar surface area (TPSA) is 68.8 Å². The molecular formula is C23H40N2O4. The smallest absolute Gasteiger partial charge is 0.226 e. The first kappa shape index (κ1) is 25.4. The number of amides is 1. The van der Waals surface area contributed by atoms with E-state index >= 15 is 0 Å². The second-order valence-electron chi connectivity index (χ2n) is 7.24. The van der Waals surface area contributed by atoms with Crippen LogP contribution in [0.5, 0.6) is 5.75 Å². The van der Waals surface area contributed by atoms with Gasteiger partial charge in [-0.25, -0.2) is 0 Å². The van der Waals surface area contributed by atoms with Crippen LogP contribution in [0.1, 0.15) is 52.4 Å². The maximum atomic E-state index is 12.1. The Labute approximate surface area is 176 Å². The highest BCUT2D eigenvalue weighted by molar-refractivity contribution is 5.90. The van der Waals surface area contributed by atoms with Crippen molar-refractivity contribution < 1.29 is 19.0 Å². The van der Waals surface area contributed by atoms with Gasteiger partial charge >= 0.3 is 0 Å². The van der Waals surface area contributed by atoms with Gasteiger partial charge in [0.15, 0.2) is 0 Å². The Morgan fingerprint density at radius 3 is 2.59 bits per heavy atom. The second kappa shape index (κ2) is 17.2. The van der Waals surface area contributed by atoms with Crippen LogP contribution in [0.25, 0.3) is 0 Å². The van der Waals surface area contributed by atoms with E-state index in [2.05, 4.69) is 24.5 Å². The van der Waals surface area contributed by atoms with Gasteiger partial charge in [0.25, 0.3) is 0 Å². The van der Waals surface area contributed by atoms with Crippen molar-refractivity contribution in [2.24, 2.45) is 5.92 Å². The van der Waals surface area contributed by atoms with Crippen LogP contribution in [0.4, 0.5) is 5.69 Å². The lowest BCUT2D eigenvalue weighted by Gasteiger charge is -2.16. The highest BCUT2D eigenvalue weighted by Gasteiger charge is 2.08. The maximum Gasteiger partial charge on any atom is 0.226 e. The van der Waals surface area contributed by atoms with Crippen molar-refractivity contribution in [2.75, 3.05) is 51.9 Å². The first-order valence-corrected chi connectivity index (χ1v) is 11.0. The summed E-state index contributed by atoms with van der Waals surface area (Å²) in [6.07, 6.45) is 6.44. The summed E-state index contributed by atoms with van der Waals surface area (Å²) >= 11 is 0. The normalized spacial score (nSPS) is 12.0. The van der Waals surface area contributed by atoms with Crippen molar-refractivity contribution in [1.82, 2.24) is 5.32 Å². The van der Waals surface area contributed by atoms with Gasteiger partial charge in [-0.05, 0) is 31.5 Å². The van der Waals surface area contributed by atoms with Crippen molar-refractivity contribution in [2.45, 2.75) is 52.4 Å². The first-order chi connectivity index (χ1) is 14.2. The maximum absolute atomic E-state index is 12.1. The van der Waals surface area contributed by atoms with Gasteiger partial charge in [-0.2, -0.15) is 0 Å². The zero-order chi connectivity index (χ0) is 21.2. The average Bonchev–Trinajstić information content (AvgIpc) is 2.73. The minimum absolute atomic E-state index is 0.0655. The molecular weight excluding hydrogens is 368 g/mol. The van der Waals surface area contributed by atoms with E-state index in [1.54, 1.807) is 0 Å². The number of carbonyl (C=O) groups excluding carboxylic acids is 1. The van der Waals surface area contributed by atoms with E-state index in [0.717, 1.165) is 31.0 Å². The molecule has 0 heterocycles. The molecule has 0 fully saturated rings. The number of ether oxygens (including phenoxy) is 3. The fourth-order valence-electron chi connectivity index (χ4n) is 2.85. The van der Waals surface area contributed by atoms with Crippen molar-refractivity contribution in [3.05, 3.63) is 24.3 Å². The van der Waals surface area contributed by atoms with Gasteiger partial charge in [-0.15, -0.1) is 0 Å².